The number of carbonyl (C=O) groups excluding carboxylic acids is 1. The number of allylic oxidation sites excluding steroid dienone is 1. The molecule has 6 nitrogen and oxygen atoms in total. The summed E-state index contributed by atoms with van der Waals surface area (Å²) in [7, 11) is 0. The lowest BCUT2D eigenvalue weighted by Crippen LogP contribution is -2.07. The largest absolute Gasteiger partial charge is 0.502 e. The van der Waals surface area contributed by atoms with Crippen LogP contribution in [0.5, 0.6) is 0 Å². The number of ketones is 1. The molecule has 0 fully saturated rings. The first kappa shape index (κ1) is 13.9. The van der Waals surface area contributed by atoms with E-state index in [1.807, 2.05) is 30.3 Å². The molecule has 0 radical (unpaired) electrons. The second-order valence-corrected chi connectivity index (χ2v) is 4.69. The van der Waals surface area contributed by atoms with Crippen molar-refractivity contribution in [3.05, 3.63) is 60.1 Å². The third-order valence-corrected chi connectivity index (χ3v) is 3.23. The van der Waals surface area contributed by atoms with Crippen LogP contribution in [0.1, 0.15) is 10.5 Å². The van der Waals surface area contributed by atoms with Crippen molar-refractivity contribution in [2.75, 3.05) is 0 Å². The van der Waals surface area contributed by atoms with Gasteiger partial charge in [-0.3, -0.25) is 4.79 Å². The highest BCUT2D eigenvalue weighted by atomic mass is 32.2. The van der Waals surface area contributed by atoms with Crippen LogP contribution in [0, 0.1) is 0 Å². The average molecular weight is 290 g/mol. The van der Waals surface area contributed by atoms with Crippen molar-refractivity contribution in [2.45, 2.75) is 4.90 Å². The fourth-order valence-electron chi connectivity index (χ4n) is 1.38. The van der Waals surface area contributed by atoms with Crippen LogP contribution in [0.4, 0.5) is 0 Å². The van der Waals surface area contributed by atoms with Crippen molar-refractivity contribution >= 4 is 23.7 Å². The monoisotopic (exact) mass is 290 g/mol. The second-order valence-electron chi connectivity index (χ2n) is 3.69. The topological polar surface area (TPSA) is 92.4 Å². The lowest BCUT2D eigenvalue weighted by molar-refractivity contribution is -0.135. The molecule has 0 atom stereocenters. The summed E-state index contributed by atoms with van der Waals surface area (Å²) in [6.07, 6.45) is 2.08. The SMILES string of the molecule is O=C(O)C(O)=CC(=O)c1ccnn1Sc1ccccc1. The van der Waals surface area contributed by atoms with Crippen molar-refractivity contribution in [3.8, 4) is 0 Å². The normalized spacial score (nSPS) is 11.3. The van der Waals surface area contributed by atoms with Gasteiger partial charge in [0.25, 0.3) is 0 Å². The predicted octanol–water partition coefficient (Wildman–Crippen LogP) is 2.15. The van der Waals surface area contributed by atoms with Crippen molar-refractivity contribution in [1.82, 2.24) is 9.19 Å². The maximum atomic E-state index is 11.9. The molecular weight excluding hydrogens is 280 g/mol. The molecule has 2 N–H and O–H groups in total. The Morgan fingerprint density at radius 1 is 1.15 bits per heavy atom. The Morgan fingerprint density at radius 2 is 1.85 bits per heavy atom. The molecule has 0 spiro atoms. The fourth-order valence-corrected chi connectivity index (χ4v) is 2.21. The zero-order chi connectivity index (χ0) is 14.5. The number of hydrogen-bond acceptors (Lipinski definition) is 5. The molecule has 1 aromatic carbocycles. The summed E-state index contributed by atoms with van der Waals surface area (Å²) < 4.78 is 1.36. The molecule has 2 rings (SSSR count). The molecule has 2 aromatic rings. The minimum Gasteiger partial charge on any atom is -0.502 e. The number of nitrogens with zero attached hydrogens (tertiary/aromatic N) is 2. The van der Waals surface area contributed by atoms with Gasteiger partial charge in [-0.2, -0.15) is 9.19 Å². The van der Waals surface area contributed by atoms with Gasteiger partial charge in [0.2, 0.25) is 11.5 Å². The highest BCUT2D eigenvalue weighted by Gasteiger charge is 2.14. The number of carboxylic acids is 1. The van der Waals surface area contributed by atoms with Crippen LogP contribution in [-0.4, -0.2) is 31.2 Å². The van der Waals surface area contributed by atoms with E-state index in [1.165, 1.54) is 28.3 Å². The minimum absolute atomic E-state index is 0.173. The molecule has 1 aromatic heterocycles. The smallest absolute Gasteiger partial charge is 0.371 e. The van der Waals surface area contributed by atoms with Gasteiger partial charge in [0.15, 0.2) is 0 Å². The van der Waals surface area contributed by atoms with E-state index < -0.39 is 17.5 Å². The number of rotatable bonds is 5. The molecular formula is C13H10N2O4S. The molecule has 20 heavy (non-hydrogen) atoms. The van der Waals surface area contributed by atoms with Crippen LogP contribution >= 0.6 is 11.9 Å². The van der Waals surface area contributed by atoms with Gasteiger partial charge in [0.1, 0.15) is 5.69 Å². The van der Waals surface area contributed by atoms with Crippen LogP contribution in [0.3, 0.4) is 0 Å². The van der Waals surface area contributed by atoms with E-state index in [-0.39, 0.29) is 5.69 Å². The lowest BCUT2D eigenvalue weighted by Gasteiger charge is -2.03. The van der Waals surface area contributed by atoms with E-state index >= 15 is 0 Å². The van der Waals surface area contributed by atoms with Gasteiger partial charge in [-0.25, -0.2) is 4.79 Å². The Balaban J connectivity index is 2.23. The number of aliphatic hydroxyl groups is 1. The average Bonchev–Trinajstić information content (AvgIpc) is 2.88. The number of carboxylic acid groups (broad SMARTS) is 1. The number of carbonyl (C=O) groups is 2. The standard InChI is InChI=1S/C13H10N2O4S/c16-11(8-12(17)13(18)19)10-6-7-14-15(10)20-9-4-2-1-3-5-9/h1-8,17H,(H,18,19). The summed E-state index contributed by atoms with van der Waals surface area (Å²) in [6, 6.07) is 10.7. The molecule has 0 saturated carbocycles. The maximum absolute atomic E-state index is 11.9. The first-order valence-electron chi connectivity index (χ1n) is 5.53. The summed E-state index contributed by atoms with van der Waals surface area (Å²) in [5.41, 5.74) is 0.173. The van der Waals surface area contributed by atoms with E-state index in [1.54, 1.807) is 0 Å². The van der Waals surface area contributed by atoms with Crippen LogP contribution in [0.15, 0.2) is 59.3 Å². The van der Waals surface area contributed by atoms with Crippen molar-refractivity contribution < 1.29 is 19.8 Å². The van der Waals surface area contributed by atoms with Crippen molar-refractivity contribution in [1.29, 1.82) is 0 Å². The first-order chi connectivity index (χ1) is 9.58. The third-order valence-electron chi connectivity index (χ3n) is 2.28. The molecule has 0 amide bonds. The molecule has 0 saturated heterocycles. The van der Waals surface area contributed by atoms with Crippen LogP contribution in [0.2, 0.25) is 0 Å². The van der Waals surface area contributed by atoms with E-state index in [0.717, 1.165) is 4.90 Å². The number of hydrogen-bond donors (Lipinski definition) is 2. The quantitative estimate of drug-likeness (QED) is 0.498. The number of aliphatic hydroxyl groups excluding tert-OH is 1. The van der Waals surface area contributed by atoms with Crippen LogP contribution < -0.4 is 0 Å². The highest BCUT2D eigenvalue weighted by Crippen LogP contribution is 2.21. The molecule has 0 unspecified atom stereocenters. The third kappa shape index (κ3) is 3.27. The van der Waals surface area contributed by atoms with Crippen molar-refractivity contribution in [3.63, 3.8) is 0 Å². The number of benzene rings is 1. The minimum atomic E-state index is -1.56. The van der Waals surface area contributed by atoms with Gasteiger partial charge >= 0.3 is 5.97 Å². The van der Waals surface area contributed by atoms with Gasteiger partial charge in [-0.15, -0.1) is 0 Å². The molecule has 0 aliphatic heterocycles. The summed E-state index contributed by atoms with van der Waals surface area (Å²) in [5.74, 6) is -3.20. The van der Waals surface area contributed by atoms with E-state index in [9.17, 15) is 9.59 Å². The molecule has 102 valence electrons. The first-order valence-corrected chi connectivity index (χ1v) is 6.31. The number of aromatic nitrogens is 2. The zero-order valence-corrected chi connectivity index (χ0v) is 10.9. The van der Waals surface area contributed by atoms with Gasteiger partial charge in [0.05, 0.1) is 6.20 Å². The molecule has 7 heteroatoms. The van der Waals surface area contributed by atoms with Gasteiger partial charge in [-0.1, -0.05) is 18.2 Å². The van der Waals surface area contributed by atoms with Crippen molar-refractivity contribution in [2.24, 2.45) is 0 Å². The Kier molecular flexibility index (Phi) is 4.21. The second kappa shape index (κ2) is 6.07. The van der Waals surface area contributed by atoms with Gasteiger partial charge < -0.3 is 10.2 Å². The summed E-state index contributed by atoms with van der Waals surface area (Å²) in [5, 5.41) is 21.6. The molecule has 0 aliphatic carbocycles. The Bertz CT molecular complexity index is 664. The highest BCUT2D eigenvalue weighted by molar-refractivity contribution is 7.97. The molecule has 0 bridgehead atoms. The lowest BCUT2D eigenvalue weighted by atomic mass is 10.2. The Hall–Kier alpha value is -2.54. The molecule has 0 aliphatic rings. The zero-order valence-electron chi connectivity index (χ0n) is 10.1. The Morgan fingerprint density at radius 3 is 2.50 bits per heavy atom. The maximum Gasteiger partial charge on any atom is 0.371 e. The summed E-state index contributed by atoms with van der Waals surface area (Å²) >= 11 is 1.21. The van der Waals surface area contributed by atoms with E-state index in [0.29, 0.717) is 6.08 Å². The Labute approximate surface area is 118 Å². The summed E-state index contributed by atoms with van der Waals surface area (Å²) in [6.45, 7) is 0. The predicted molar refractivity (Wildman–Crippen MR) is 72.6 cm³/mol. The van der Waals surface area contributed by atoms with Gasteiger partial charge in [-0.05, 0) is 18.2 Å². The van der Waals surface area contributed by atoms with E-state index in [2.05, 4.69) is 5.10 Å². The number of aliphatic carboxylic acids is 1. The van der Waals surface area contributed by atoms with Gasteiger partial charge in [0, 0.05) is 22.9 Å². The van der Waals surface area contributed by atoms with Crippen LogP contribution in [-0.2, 0) is 4.79 Å². The van der Waals surface area contributed by atoms with Crippen LogP contribution in [0.25, 0.3) is 0 Å². The molecule has 1 heterocycles. The summed E-state index contributed by atoms with van der Waals surface area (Å²) in [4.78, 5) is 23.2. The fraction of sp³-hybridized carbons (Fsp3) is 0. The van der Waals surface area contributed by atoms with E-state index in [4.69, 9.17) is 10.2 Å².